The highest BCUT2D eigenvalue weighted by Gasteiger charge is 2.23. The number of piperazine rings is 1. The van der Waals surface area contributed by atoms with Gasteiger partial charge in [0, 0.05) is 32.2 Å². The Morgan fingerprint density at radius 2 is 1.88 bits per heavy atom. The predicted molar refractivity (Wildman–Crippen MR) is 104 cm³/mol. The van der Waals surface area contributed by atoms with Crippen LogP contribution < -0.4 is 14.8 Å². The zero-order valence-electron chi connectivity index (χ0n) is 15.7. The van der Waals surface area contributed by atoms with Gasteiger partial charge in [-0.25, -0.2) is 0 Å². The van der Waals surface area contributed by atoms with Crippen LogP contribution in [0.5, 0.6) is 11.5 Å². The molecular formula is C22H28N2O2. The van der Waals surface area contributed by atoms with Gasteiger partial charge in [0.15, 0.2) is 11.5 Å². The van der Waals surface area contributed by atoms with Crippen molar-refractivity contribution < 1.29 is 9.47 Å². The lowest BCUT2D eigenvalue weighted by atomic mass is 9.92. The third kappa shape index (κ3) is 3.71. The van der Waals surface area contributed by atoms with Crippen molar-refractivity contribution in [2.24, 2.45) is 0 Å². The van der Waals surface area contributed by atoms with Crippen molar-refractivity contribution in [3.05, 3.63) is 59.2 Å². The molecule has 1 fully saturated rings. The highest BCUT2D eigenvalue weighted by molar-refractivity contribution is 5.43. The zero-order chi connectivity index (χ0) is 17.9. The molecule has 0 aromatic heterocycles. The lowest BCUT2D eigenvalue weighted by Crippen LogP contribution is -2.45. The van der Waals surface area contributed by atoms with E-state index in [0.29, 0.717) is 25.2 Å². The van der Waals surface area contributed by atoms with Crippen LogP contribution in [0.4, 0.5) is 0 Å². The molecule has 26 heavy (non-hydrogen) atoms. The summed E-state index contributed by atoms with van der Waals surface area (Å²) in [7, 11) is 0. The maximum Gasteiger partial charge on any atom is 0.161 e. The van der Waals surface area contributed by atoms with Crippen LogP contribution in [-0.2, 0) is 6.54 Å². The van der Waals surface area contributed by atoms with E-state index in [1.807, 2.05) is 6.07 Å². The first-order chi connectivity index (χ1) is 12.7. The van der Waals surface area contributed by atoms with Gasteiger partial charge < -0.3 is 14.8 Å². The second-order valence-corrected chi connectivity index (χ2v) is 7.50. The Morgan fingerprint density at radius 3 is 2.73 bits per heavy atom. The molecule has 0 spiro atoms. The van der Waals surface area contributed by atoms with E-state index in [9.17, 15) is 0 Å². The lowest BCUT2D eigenvalue weighted by molar-refractivity contribution is 0.170. The minimum Gasteiger partial charge on any atom is -0.486 e. The second-order valence-electron chi connectivity index (χ2n) is 7.50. The van der Waals surface area contributed by atoms with Crippen LogP contribution in [0.15, 0.2) is 42.5 Å². The van der Waals surface area contributed by atoms with Crippen LogP contribution in [-0.4, -0.2) is 37.7 Å². The molecule has 2 aromatic carbocycles. The summed E-state index contributed by atoms with van der Waals surface area (Å²) in [4.78, 5) is 2.53. The molecule has 0 bridgehead atoms. The smallest absolute Gasteiger partial charge is 0.161 e. The van der Waals surface area contributed by atoms with Crippen molar-refractivity contribution in [3.8, 4) is 11.5 Å². The van der Waals surface area contributed by atoms with Gasteiger partial charge in [0.25, 0.3) is 0 Å². The molecule has 2 aliphatic heterocycles. The summed E-state index contributed by atoms with van der Waals surface area (Å²) < 4.78 is 11.4. The quantitative estimate of drug-likeness (QED) is 0.909. The lowest BCUT2D eigenvalue weighted by Gasteiger charge is -2.35. The number of nitrogens with zero attached hydrogens (tertiary/aromatic N) is 1. The summed E-state index contributed by atoms with van der Waals surface area (Å²) in [5.41, 5.74) is 4.17. The molecule has 0 saturated carbocycles. The number of fused-ring (bicyclic) bond motifs is 1. The van der Waals surface area contributed by atoms with E-state index in [1.165, 1.54) is 16.7 Å². The molecule has 1 N–H and O–H groups in total. The third-order valence-corrected chi connectivity index (χ3v) is 5.27. The summed E-state index contributed by atoms with van der Waals surface area (Å²) >= 11 is 0. The van der Waals surface area contributed by atoms with Crippen LogP contribution >= 0.6 is 0 Å². The molecule has 2 aliphatic rings. The average molecular weight is 352 g/mol. The van der Waals surface area contributed by atoms with E-state index < -0.39 is 0 Å². The minimum atomic E-state index is 0.388. The molecule has 2 heterocycles. The van der Waals surface area contributed by atoms with Crippen LogP contribution in [0.1, 0.15) is 42.5 Å². The average Bonchev–Trinajstić information content (AvgIpc) is 2.68. The normalized spacial score (nSPS) is 20.3. The van der Waals surface area contributed by atoms with Crippen LogP contribution in [0.2, 0.25) is 0 Å². The minimum absolute atomic E-state index is 0.388. The Labute approximate surface area is 156 Å². The van der Waals surface area contributed by atoms with Gasteiger partial charge in [-0.3, -0.25) is 4.90 Å². The van der Waals surface area contributed by atoms with Crippen molar-refractivity contribution in [2.75, 3.05) is 32.8 Å². The second kappa shape index (κ2) is 7.68. The van der Waals surface area contributed by atoms with Crippen molar-refractivity contribution in [3.63, 3.8) is 0 Å². The van der Waals surface area contributed by atoms with Gasteiger partial charge in [-0.05, 0) is 34.7 Å². The van der Waals surface area contributed by atoms with E-state index in [4.69, 9.17) is 9.47 Å². The van der Waals surface area contributed by atoms with Crippen molar-refractivity contribution in [1.82, 2.24) is 10.2 Å². The summed E-state index contributed by atoms with van der Waals surface area (Å²) in [5, 5.41) is 3.71. The molecule has 0 aliphatic carbocycles. The number of nitrogens with one attached hydrogen (secondary N) is 1. The number of hydrogen-bond acceptors (Lipinski definition) is 4. The first kappa shape index (κ1) is 17.4. The summed E-state index contributed by atoms with van der Waals surface area (Å²) in [6.45, 7) is 9.87. The van der Waals surface area contributed by atoms with Gasteiger partial charge in [0.05, 0.1) is 0 Å². The molecule has 4 rings (SSSR count). The van der Waals surface area contributed by atoms with Crippen molar-refractivity contribution >= 4 is 0 Å². The van der Waals surface area contributed by atoms with Gasteiger partial charge in [-0.2, -0.15) is 0 Å². The molecular weight excluding hydrogens is 324 g/mol. The van der Waals surface area contributed by atoms with Crippen LogP contribution in [0.3, 0.4) is 0 Å². The number of benzene rings is 2. The fourth-order valence-electron chi connectivity index (χ4n) is 3.96. The molecule has 1 atom stereocenters. The van der Waals surface area contributed by atoms with Crippen LogP contribution in [0, 0.1) is 0 Å². The fraction of sp³-hybridized carbons (Fsp3) is 0.455. The van der Waals surface area contributed by atoms with Crippen molar-refractivity contribution in [2.45, 2.75) is 32.4 Å². The molecule has 0 radical (unpaired) electrons. The predicted octanol–water partition coefficient (Wildman–Crippen LogP) is 3.73. The Bertz CT molecular complexity index is 760. The van der Waals surface area contributed by atoms with Gasteiger partial charge in [-0.15, -0.1) is 0 Å². The molecule has 4 heteroatoms. The highest BCUT2D eigenvalue weighted by Crippen LogP contribution is 2.32. The fourth-order valence-corrected chi connectivity index (χ4v) is 3.96. The Kier molecular flexibility index (Phi) is 5.14. The Balaban J connectivity index is 1.47. The molecule has 1 saturated heterocycles. The number of rotatable bonds is 4. The largest absolute Gasteiger partial charge is 0.486 e. The summed E-state index contributed by atoms with van der Waals surface area (Å²) in [6.07, 6.45) is 0. The highest BCUT2D eigenvalue weighted by atomic mass is 16.6. The van der Waals surface area contributed by atoms with E-state index in [0.717, 1.165) is 37.7 Å². The zero-order valence-corrected chi connectivity index (χ0v) is 15.7. The Hall–Kier alpha value is -2.04. The van der Waals surface area contributed by atoms with E-state index in [-0.39, 0.29) is 0 Å². The topological polar surface area (TPSA) is 33.7 Å². The van der Waals surface area contributed by atoms with E-state index in [2.05, 4.69) is 60.5 Å². The molecule has 4 nitrogen and oxygen atoms in total. The van der Waals surface area contributed by atoms with Gasteiger partial charge >= 0.3 is 0 Å². The SMILES string of the molecule is CC(C)c1ccccc1[C@@H]1CN(Cc2ccc3c(c2)OCCO3)CCN1. The van der Waals surface area contributed by atoms with E-state index >= 15 is 0 Å². The molecule has 0 amide bonds. The molecule has 2 aromatic rings. The number of hydrogen-bond donors (Lipinski definition) is 1. The standard InChI is InChI=1S/C22H28N2O2/c1-16(2)18-5-3-4-6-19(18)20-15-24(10-9-23-20)14-17-7-8-21-22(13-17)26-12-11-25-21/h3-8,13,16,20,23H,9-12,14-15H2,1-2H3/t20-/m0/s1. The van der Waals surface area contributed by atoms with Gasteiger partial charge in [0.1, 0.15) is 13.2 Å². The third-order valence-electron chi connectivity index (χ3n) is 5.27. The Morgan fingerprint density at radius 1 is 1.08 bits per heavy atom. The van der Waals surface area contributed by atoms with Gasteiger partial charge in [0.2, 0.25) is 0 Å². The van der Waals surface area contributed by atoms with Gasteiger partial charge in [-0.1, -0.05) is 44.2 Å². The molecule has 138 valence electrons. The summed E-state index contributed by atoms with van der Waals surface area (Å²) in [6, 6.07) is 15.6. The number of ether oxygens (including phenoxy) is 2. The molecule has 0 unspecified atom stereocenters. The maximum absolute atomic E-state index is 5.73. The first-order valence-electron chi connectivity index (χ1n) is 9.64. The monoisotopic (exact) mass is 352 g/mol. The maximum atomic E-state index is 5.73. The van der Waals surface area contributed by atoms with Crippen LogP contribution in [0.25, 0.3) is 0 Å². The van der Waals surface area contributed by atoms with E-state index in [1.54, 1.807) is 0 Å². The first-order valence-corrected chi connectivity index (χ1v) is 9.64. The van der Waals surface area contributed by atoms with Crippen molar-refractivity contribution in [1.29, 1.82) is 0 Å². The summed E-state index contributed by atoms with van der Waals surface area (Å²) in [5.74, 6) is 2.29.